The molecular formula is C16H22N2O7S. The maximum atomic E-state index is 12.8. The fourth-order valence-corrected chi connectivity index (χ4v) is 3.88. The zero-order valence-corrected chi connectivity index (χ0v) is 15.8. The van der Waals surface area contributed by atoms with Gasteiger partial charge in [-0.15, -0.1) is 0 Å². The van der Waals surface area contributed by atoms with Crippen molar-refractivity contribution in [1.29, 1.82) is 0 Å². The second-order valence-electron chi connectivity index (χ2n) is 6.06. The lowest BCUT2D eigenvalue weighted by atomic mass is 10.1. The van der Waals surface area contributed by atoms with Gasteiger partial charge in [-0.1, -0.05) is 0 Å². The van der Waals surface area contributed by atoms with Crippen LogP contribution in [0.1, 0.15) is 16.8 Å². The van der Waals surface area contributed by atoms with E-state index in [4.69, 9.17) is 9.47 Å². The molecule has 1 fully saturated rings. The molecule has 0 spiro atoms. The van der Waals surface area contributed by atoms with Gasteiger partial charge in [-0.25, -0.2) is 17.5 Å². The second kappa shape index (κ2) is 7.60. The van der Waals surface area contributed by atoms with E-state index in [0.29, 0.717) is 0 Å². The van der Waals surface area contributed by atoms with Crippen LogP contribution in [0.15, 0.2) is 23.1 Å². The van der Waals surface area contributed by atoms with Gasteiger partial charge in [-0.2, -0.15) is 0 Å². The van der Waals surface area contributed by atoms with Crippen LogP contribution in [0.2, 0.25) is 0 Å². The number of carbonyl (C=O) groups excluding carboxylic acids is 1. The van der Waals surface area contributed by atoms with E-state index in [0.717, 1.165) is 4.31 Å². The molecule has 0 saturated carbocycles. The molecule has 1 aromatic rings. The number of hydrogen-bond donors (Lipinski definition) is 1. The van der Waals surface area contributed by atoms with Crippen molar-refractivity contribution < 1.29 is 32.6 Å². The molecule has 1 aromatic carbocycles. The molecule has 1 saturated heterocycles. The van der Waals surface area contributed by atoms with Crippen LogP contribution in [0, 0.1) is 0 Å². The van der Waals surface area contributed by atoms with Gasteiger partial charge < -0.3 is 19.5 Å². The highest BCUT2D eigenvalue weighted by atomic mass is 32.2. The Bertz CT molecular complexity index is 807. The standard InChI is InChI=1S/C16H22N2O7S/c1-17(2)26(22,23)14-7-10(5-6-13(14)25-4)15(19)18-9-11(24-3)8-12(18)16(20)21/h5-7,11-12H,8-9H2,1-4H3,(H,20,21). The van der Waals surface area contributed by atoms with Crippen LogP contribution in [0.4, 0.5) is 0 Å². The van der Waals surface area contributed by atoms with Crippen molar-refractivity contribution in [2.75, 3.05) is 34.9 Å². The van der Waals surface area contributed by atoms with Crippen LogP contribution in [-0.4, -0.2) is 81.6 Å². The van der Waals surface area contributed by atoms with Gasteiger partial charge in [0.1, 0.15) is 16.7 Å². The fourth-order valence-electron chi connectivity index (χ4n) is 2.80. The quantitative estimate of drug-likeness (QED) is 0.746. The summed E-state index contributed by atoms with van der Waals surface area (Å²) in [6, 6.07) is 2.97. The molecule has 1 aliphatic rings. The Morgan fingerprint density at radius 1 is 1.27 bits per heavy atom. The van der Waals surface area contributed by atoms with E-state index >= 15 is 0 Å². The largest absolute Gasteiger partial charge is 0.495 e. The molecule has 10 heteroatoms. The Labute approximate surface area is 152 Å². The lowest BCUT2D eigenvalue weighted by Gasteiger charge is -2.22. The fraction of sp³-hybridized carbons (Fsp3) is 0.500. The number of hydrogen-bond acceptors (Lipinski definition) is 6. The number of rotatable bonds is 6. The van der Waals surface area contributed by atoms with E-state index in [1.807, 2.05) is 0 Å². The third-order valence-electron chi connectivity index (χ3n) is 4.31. The summed E-state index contributed by atoms with van der Waals surface area (Å²) < 4.78 is 36.2. The molecule has 0 bridgehead atoms. The molecule has 2 unspecified atom stereocenters. The van der Waals surface area contributed by atoms with E-state index in [9.17, 15) is 23.1 Å². The predicted molar refractivity (Wildman–Crippen MR) is 91.7 cm³/mol. The minimum Gasteiger partial charge on any atom is -0.495 e. The summed E-state index contributed by atoms with van der Waals surface area (Å²) in [6.07, 6.45) is -0.209. The molecule has 2 rings (SSSR count). The number of benzene rings is 1. The van der Waals surface area contributed by atoms with Gasteiger partial charge in [-0.05, 0) is 18.2 Å². The number of likely N-dealkylation sites (tertiary alicyclic amines) is 1. The summed E-state index contributed by atoms with van der Waals surface area (Å²) in [7, 11) is 1.67. The lowest BCUT2D eigenvalue weighted by Crippen LogP contribution is -2.40. The molecule has 0 radical (unpaired) electrons. The van der Waals surface area contributed by atoms with Gasteiger partial charge in [0.25, 0.3) is 5.91 Å². The summed E-state index contributed by atoms with van der Waals surface area (Å²) in [5, 5.41) is 9.36. The maximum Gasteiger partial charge on any atom is 0.326 e. The highest BCUT2D eigenvalue weighted by Crippen LogP contribution is 2.29. The Morgan fingerprint density at radius 3 is 2.42 bits per heavy atom. The van der Waals surface area contributed by atoms with Gasteiger partial charge in [0, 0.05) is 39.7 Å². The Kier molecular flexibility index (Phi) is 5.89. The second-order valence-corrected chi connectivity index (χ2v) is 8.18. The SMILES string of the molecule is COc1ccc(C(=O)N2CC(OC)CC2C(=O)O)cc1S(=O)(=O)N(C)C. The normalized spacial score (nSPS) is 20.4. The summed E-state index contributed by atoms with van der Waals surface area (Å²) in [5.74, 6) is -1.61. The van der Waals surface area contributed by atoms with E-state index in [2.05, 4.69) is 0 Å². The molecule has 1 heterocycles. The van der Waals surface area contributed by atoms with Crippen LogP contribution in [0.5, 0.6) is 5.75 Å². The van der Waals surface area contributed by atoms with Crippen LogP contribution in [0.25, 0.3) is 0 Å². The summed E-state index contributed by atoms with van der Waals surface area (Å²) in [5.41, 5.74) is 0.0641. The van der Waals surface area contributed by atoms with Crippen LogP contribution in [-0.2, 0) is 19.6 Å². The number of aliphatic carboxylic acids is 1. The van der Waals surface area contributed by atoms with Crippen molar-refractivity contribution in [2.24, 2.45) is 0 Å². The first-order valence-corrected chi connectivity index (χ1v) is 9.24. The van der Waals surface area contributed by atoms with Crippen LogP contribution >= 0.6 is 0 Å². The third kappa shape index (κ3) is 3.67. The topological polar surface area (TPSA) is 113 Å². The molecule has 1 amide bonds. The van der Waals surface area contributed by atoms with E-state index in [1.54, 1.807) is 0 Å². The third-order valence-corrected chi connectivity index (χ3v) is 6.15. The molecule has 1 aliphatic heterocycles. The number of amides is 1. The minimum absolute atomic E-state index is 0.0641. The highest BCUT2D eigenvalue weighted by molar-refractivity contribution is 7.89. The van der Waals surface area contributed by atoms with E-state index in [-0.39, 0.29) is 35.3 Å². The highest BCUT2D eigenvalue weighted by Gasteiger charge is 2.40. The van der Waals surface area contributed by atoms with Crippen molar-refractivity contribution in [3.63, 3.8) is 0 Å². The van der Waals surface area contributed by atoms with Gasteiger partial charge in [0.05, 0.1) is 13.2 Å². The lowest BCUT2D eigenvalue weighted by molar-refractivity contribution is -0.141. The molecule has 0 aromatic heterocycles. The Balaban J connectivity index is 2.45. The zero-order valence-electron chi connectivity index (χ0n) is 15.0. The van der Waals surface area contributed by atoms with Gasteiger partial charge in [0.15, 0.2) is 0 Å². The zero-order chi connectivity index (χ0) is 19.6. The van der Waals surface area contributed by atoms with Gasteiger partial charge in [-0.3, -0.25) is 4.79 Å². The summed E-state index contributed by atoms with van der Waals surface area (Å²) in [6.45, 7) is 0.119. The van der Waals surface area contributed by atoms with Gasteiger partial charge >= 0.3 is 5.97 Å². The molecule has 26 heavy (non-hydrogen) atoms. The van der Waals surface area contributed by atoms with Crippen molar-refractivity contribution in [2.45, 2.75) is 23.5 Å². The molecular weight excluding hydrogens is 364 g/mol. The molecule has 1 N–H and O–H groups in total. The minimum atomic E-state index is -3.85. The Morgan fingerprint density at radius 2 is 1.92 bits per heavy atom. The Hall–Kier alpha value is -2.17. The first-order valence-electron chi connectivity index (χ1n) is 7.80. The number of ether oxygens (including phenoxy) is 2. The van der Waals surface area contributed by atoms with Crippen LogP contribution < -0.4 is 4.74 Å². The predicted octanol–water partition coefficient (Wildman–Crippen LogP) is 0.260. The van der Waals surface area contributed by atoms with Crippen molar-refractivity contribution >= 4 is 21.9 Å². The summed E-state index contributed by atoms with van der Waals surface area (Å²) >= 11 is 0. The smallest absolute Gasteiger partial charge is 0.326 e. The molecule has 9 nitrogen and oxygen atoms in total. The van der Waals surface area contributed by atoms with E-state index in [1.165, 1.54) is 51.4 Å². The number of methoxy groups -OCH3 is 2. The first kappa shape index (κ1) is 20.1. The number of carbonyl (C=O) groups is 2. The average molecular weight is 386 g/mol. The number of sulfonamides is 1. The number of nitrogens with zero attached hydrogens (tertiary/aromatic N) is 2. The first-order chi connectivity index (χ1) is 12.1. The monoisotopic (exact) mass is 386 g/mol. The molecule has 2 atom stereocenters. The average Bonchev–Trinajstić information content (AvgIpc) is 3.05. The molecule has 0 aliphatic carbocycles. The molecule has 144 valence electrons. The van der Waals surface area contributed by atoms with Crippen molar-refractivity contribution in [1.82, 2.24) is 9.21 Å². The maximum absolute atomic E-state index is 12.8. The summed E-state index contributed by atoms with van der Waals surface area (Å²) in [4.78, 5) is 25.3. The number of carboxylic acids is 1. The van der Waals surface area contributed by atoms with Crippen molar-refractivity contribution in [3.05, 3.63) is 23.8 Å². The van der Waals surface area contributed by atoms with Gasteiger partial charge in [0.2, 0.25) is 10.0 Å². The van der Waals surface area contributed by atoms with Crippen LogP contribution in [0.3, 0.4) is 0 Å². The van der Waals surface area contributed by atoms with Crippen molar-refractivity contribution in [3.8, 4) is 5.75 Å². The number of carboxylic acid groups (broad SMARTS) is 1. The van der Waals surface area contributed by atoms with E-state index < -0.39 is 27.9 Å².